The molecule has 0 N–H and O–H groups in total. The second-order valence-electron chi connectivity index (χ2n) is 4.72. The van der Waals surface area contributed by atoms with Gasteiger partial charge < -0.3 is 19.1 Å². The molecule has 1 unspecified atom stereocenters. The monoisotopic (exact) mass is 263 g/mol. The topological polar surface area (TPSA) is 48.0 Å². The maximum atomic E-state index is 11.9. The van der Waals surface area contributed by atoms with Crippen molar-refractivity contribution in [3.8, 4) is 11.5 Å². The fourth-order valence-electron chi connectivity index (χ4n) is 2.66. The quantitative estimate of drug-likeness (QED) is 0.781. The molecule has 0 saturated heterocycles. The second-order valence-corrected chi connectivity index (χ2v) is 4.72. The van der Waals surface area contributed by atoms with Gasteiger partial charge in [0, 0.05) is 6.54 Å². The summed E-state index contributed by atoms with van der Waals surface area (Å²) in [4.78, 5) is 13.7. The highest BCUT2D eigenvalue weighted by molar-refractivity contribution is 5.69. The molecule has 1 aromatic carbocycles. The number of fused-ring (bicyclic) bond motifs is 2. The number of hydrogen-bond acceptors (Lipinski definition) is 4. The van der Waals surface area contributed by atoms with Gasteiger partial charge in [-0.25, -0.2) is 4.79 Å². The lowest BCUT2D eigenvalue weighted by molar-refractivity contribution is 0.0901. The third-order valence-electron chi connectivity index (χ3n) is 3.68. The molecular weight excluding hydrogens is 246 g/mol. The molecule has 0 aromatic heterocycles. The molecule has 19 heavy (non-hydrogen) atoms. The van der Waals surface area contributed by atoms with Gasteiger partial charge in [0.2, 0.25) is 6.79 Å². The number of nitrogens with zero attached hydrogens (tertiary/aromatic N) is 1. The first-order chi connectivity index (χ1) is 9.20. The van der Waals surface area contributed by atoms with Crippen molar-refractivity contribution in [1.29, 1.82) is 0 Å². The van der Waals surface area contributed by atoms with Gasteiger partial charge in [-0.05, 0) is 43.5 Å². The van der Waals surface area contributed by atoms with Crippen LogP contribution in [0.2, 0.25) is 0 Å². The summed E-state index contributed by atoms with van der Waals surface area (Å²) in [7, 11) is 0. The van der Waals surface area contributed by atoms with Crippen molar-refractivity contribution in [3.05, 3.63) is 23.3 Å². The van der Waals surface area contributed by atoms with E-state index in [0.29, 0.717) is 13.2 Å². The Bertz CT molecular complexity index is 514. The summed E-state index contributed by atoms with van der Waals surface area (Å²) in [6.45, 7) is 5.17. The molecule has 2 aliphatic heterocycles. The predicted molar refractivity (Wildman–Crippen MR) is 68.4 cm³/mol. The summed E-state index contributed by atoms with van der Waals surface area (Å²) >= 11 is 0. The lowest BCUT2D eigenvalue weighted by Crippen LogP contribution is -2.39. The van der Waals surface area contributed by atoms with Gasteiger partial charge >= 0.3 is 6.09 Å². The summed E-state index contributed by atoms with van der Waals surface area (Å²) in [5.74, 6) is 1.56. The van der Waals surface area contributed by atoms with Crippen LogP contribution in [0, 0.1) is 0 Å². The molecule has 5 heteroatoms. The number of carbonyl (C=O) groups excluding carboxylic acids is 1. The normalized spacial score (nSPS) is 20.1. The molecule has 3 rings (SSSR count). The Labute approximate surface area is 112 Å². The van der Waals surface area contributed by atoms with Crippen molar-refractivity contribution in [3.63, 3.8) is 0 Å². The first-order valence-corrected chi connectivity index (χ1v) is 6.56. The maximum absolute atomic E-state index is 11.9. The van der Waals surface area contributed by atoms with Crippen LogP contribution < -0.4 is 9.47 Å². The Morgan fingerprint density at radius 3 is 2.89 bits per heavy atom. The van der Waals surface area contributed by atoms with E-state index in [1.807, 2.05) is 26.0 Å². The standard InChI is InChI=1S/C14H17NO4/c1-3-17-14(16)15-5-4-10-6-12-13(19-8-18-12)7-11(10)9(15)2/h6-7,9H,3-5,8H2,1-2H3. The summed E-state index contributed by atoms with van der Waals surface area (Å²) < 4.78 is 15.9. The van der Waals surface area contributed by atoms with Crippen molar-refractivity contribution in [1.82, 2.24) is 4.90 Å². The van der Waals surface area contributed by atoms with Crippen LogP contribution in [0.3, 0.4) is 0 Å². The fraction of sp³-hybridized carbons (Fsp3) is 0.500. The van der Waals surface area contributed by atoms with Crippen LogP contribution in [0.1, 0.15) is 31.0 Å². The SMILES string of the molecule is CCOC(=O)N1CCc2cc3c(cc2C1C)OCO3. The lowest BCUT2D eigenvalue weighted by atomic mass is 9.93. The maximum Gasteiger partial charge on any atom is 0.410 e. The van der Waals surface area contributed by atoms with E-state index in [4.69, 9.17) is 14.2 Å². The third kappa shape index (κ3) is 1.99. The van der Waals surface area contributed by atoms with Gasteiger partial charge in [0.25, 0.3) is 0 Å². The molecule has 102 valence electrons. The van der Waals surface area contributed by atoms with E-state index in [2.05, 4.69) is 0 Å². The Hall–Kier alpha value is -1.91. The minimum atomic E-state index is -0.252. The number of hydrogen-bond donors (Lipinski definition) is 0. The van der Waals surface area contributed by atoms with Crippen LogP contribution in [0.4, 0.5) is 4.79 Å². The first kappa shape index (κ1) is 12.1. The van der Waals surface area contributed by atoms with Crippen molar-refractivity contribution >= 4 is 6.09 Å². The average Bonchev–Trinajstić information content (AvgIpc) is 2.84. The molecule has 5 nitrogen and oxygen atoms in total. The summed E-state index contributed by atoms with van der Waals surface area (Å²) in [6, 6.07) is 4.00. The molecule has 0 spiro atoms. The number of carbonyl (C=O) groups is 1. The van der Waals surface area contributed by atoms with Gasteiger partial charge in [0.1, 0.15) is 0 Å². The molecule has 0 saturated carbocycles. The van der Waals surface area contributed by atoms with Crippen molar-refractivity contribution in [2.24, 2.45) is 0 Å². The molecule has 1 atom stereocenters. The van der Waals surface area contributed by atoms with E-state index >= 15 is 0 Å². The van der Waals surface area contributed by atoms with E-state index in [-0.39, 0.29) is 18.9 Å². The van der Waals surface area contributed by atoms with E-state index < -0.39 is 0 Å². The highest BCUT2D eigenvalue weighted by Crippen LogP contribution is 2.40. The molecule has 2 heterocycles. The first-order valence-electron chi connectivity index (χ1n) is 6.56. The average molecular weight is 263 g/mol. The van der Waals surface area contributed by atoms with Crippen LogP contribution in [-0.2, 0) is 11.2 Å². The minimum absolute atomic E-state index is 0.00250. The van der Waals surface area contributed by atoms with Gasteiger partial charge in [0.05, 0.1) is 12.6 Å². The summed E-state index contributed by atoms with van der Waals surface area (Å²) in [6.07, 6.45) is 0.563. The van der Waals surface area contributed by atoms with Gasteiger partial charge in [0.15, 0.2) is 11.5 Å². The van der Waals surface area contributed by atoms with E-state index in [1.165, 1.54) is 5.56 Å². The molecule has 1 amide bonds. The number of benzene rings is 1. The van der Waals surface area contributed by atoms with Crippen molar-refractivity contribution < 1.29 is 19.0 Å². The van der Waals surface area contributed by atoms with E-state index in [9.17, 15) is 4.79 Å². The minimum Gasteiger partial charge on any atom is -0.454 e. The highest BCUT2D eigenvalue weighted by atomic mass is 16.7. The Morgan fingerprint density at radius 2 is 2.16 bits per heavy atom. The van der Waals surface area contributed by atoms with Crippen molar-refractivity contribution in [2.75, 3.05) is 19.9 Å². The molecule has 2 aliphatic rings. The van der Waals surface area contributed by atoms with Crippen LogP contribution in [0.25, 0.3) is 0 Å². The van der Waals surface area contributed by atoms with Gasteiger partial charge in [-0.2, -0.15) is 0 Å². The van der Waals surface area contributed by atoms with Crippen LogP contribution in [-0.4, -0.2) is 30.9 Å². The molecule has 0 fully saturated rings. The summed E-state index contributed by atoms with van der Waals surface area (Å²) in [5, 5.41) is 0. The van der Waals surface area contributed by atoms with Crippen LogP contribution >= 0.6 is 0 Å². The highest BCUT2D eigenvalue weighted by Gasteiger charge is 2.30. The number of rotatable bonds is 1. The van der Waals surface area contributed by atoms with Gasteiger partial charge in [-0.15, -0.1) is 0 Å². The molecule has 0 bridgehead atoms. The molecule has 0 radical (unpaired) electrons. The zero-order valence-electron chi connectivity index (χ0n) is 11.1. The van der Waals surface area contributed by atoms with Crippen LogP contribution in [0.15, 0.2) is 12.1 Å². The lowest BCUT2D eigenvalue weighted by Gasteiger charge is -2.34. The number of ether oxygens (including phenoxy) is 3. The largest absolute Gasteiger partial charge is 0.454 e. The van der Waals surface area contributed by atoms with E-state index in [1.54, 1.807) is 4.90 Å². The zero-order chi connectivity index (χ0) is 13.4. The third-order valence-corrected chi connectivity index (χ3v) is 3.68. The fourth-order valence-corrected chi connectivity index (χ4v) is 2.66. The predicted octanol–water partition coefficient (Wildman–Crippen LogP) is 2.49. The molecule has 1 aromatic rings. The van der Waals surface area contributed by atoms with Gasteiger partial charge in [-0.3, -0.25) is 0 Å². The molecule has 0 aliphatic carbocycles. The van der Waals surface area contributed by atoms with Crippen molar-refractivity contribution in [2.45, 2.75) is 26.3 Å². The Balaban J connectivity index is 1.91. The van der Waals surface area contributed by atoms with E-state index in [0.717, 1.165) is 23.5 Å². The van der Waals surface area contributed by atoms with Gasteiger partial charge in [-0.1, -0.05) is 0 Å². The molecular formula is C14H17NO4. The second kappa shape index (κ2) is 4.64. The van der Waals surface area contributed by atoms with Crippen LogP contribution in [0.5, 0.6) is 11.5 Å². The Morgan fingerprint density at radius 1 is 1.42 bits per heavy atom. The summed E-state index contributed by atoms with van der Waals surface area (Å²) in [5.41, 5.74) is 2.33. The smallest absolute Gasteiger partial charge is 0.410 e. The number of amides is 1. The zero-order valence-corrected chi connectivity index (χ0v) is 11.1. The Kier molecular flexibility index (Phi) is 2.97.